The molecule has 2 heteroatoms. The lowest BCUT2D eigenvalue weighted by Crippen LogP contribution is -2.19. The van der Waals surface area contributed by atoms with E-state index in [4.69, 9.17) is 8.83 Å². The molecular weight excluding hydrogens is 404 g/mol. The van der Waals surface area contributed by atoms with Crippen molar-refractivity contribution in [3.63, 3.8) is 0 Å². The second-order valence-corrected chi connectivity index (χ2v) is 8.71. The van der Waals surface area contributed by atoms with Crippen LogP contribution in [0.4, 0.5) is 0 Å². The molecule has 0 radical (unpaired) electrons. The van der Waals surface area contributed by atoms with Crippen molar-refractivity contribution in [3.05, 3.63) is 99.4 Å². The van der Waals surface area contributed by atoms with Crippen LogP contribution in [-0.2, 0) is 6.42 Å². The molecule has 0 bridgehead atoms. The van der Waals surface area contributed by atoms with Gasteiger partial charge in [0, 0.05) is 21.6 Å². The summed E-state index contributed by atoms with van der Waals surface area (Å²) < 4.78 is 12.4. The predicted molar refractivity (Wildman–Crippen MR) is 142 cm³/mol. The Morgan fingerprint density at radius 2 is 1.76 bits per heavy atom. The van der Waals surface area contributed by atoms with Gasteiger partial charge in [-0.25, -0.2) is 0 Å². The van der Waals surface area contributed by atoms with E-state index < -0.39 is 0 Å². The molecule has 168 valence electrons. The number of furan rings is 2. The van der Waals surface area contributed by atoms with Crippen molar-refractivity contribution < 1.29 is 8.83 Å². The molecule has 4 rings (SSSR count). The van der Waals surface area contributed by atoms with Crippen molar-refractivity contribution in [3.8, 4) is 0 Å². The van der Waals surface area contributed by atoms with Crippen LogP contribution in [0.3, 0.4) is 0 Å². The Kier molecular flexibility index (Phi) is 6.84. The maximum atomic E-state index is 6.20. The van der Waals surface area contributed by atoms with E-state index in [0.29, 0.717) is 0 Å². The van der Waals surface area contributed by atoms with Gasteiger partial charge in [-0.2, -0.15) is 0 Å². The van der Waals surface area contributed by atoms with Crippen molar-refractivity contribution in [2.75, 3.05) is 0 Å². The Balaban J connectivity index is 1.74. The van der Waals surface area contributed by atoms with Crippen LogP contribution >= 0.6 is 0 Å². The van der Waals surface area contributed by atoms with E-state index in [-0.39, 0.29) is 0 Å². The average Bonchev–Trinajstić information content (AvgIpc) is 3.30. The van der Waals surface area contributed by atoms with Crippen molar-refractivity contribution in [1.29, 1.82) is 0 Å². The smallest absolute Gasteiger partial charge is 0.135 e. The number of aryl methyl sites for hydroxylation is 1. The highest BCUT2D eigenvalue weighted by molar-refractivity contribution is 5.85. The van der Waals surface area contributed by atoms with Crippen molar-refractivity contribution in [1.82, 2.24) is 0 Å². The van der Waals surface area contributed by atoms with Gasteiger partial charge in [-0.3, -0.25) is 0 Å². The van der Waals surface area contributed by atoms with Crippen molar-refractivity contribution >= 4 is 40.2 Å². The molecule has 4 aromatic rings. The van der Waals surface area contributed by atoms with Gasteiger partial charge < -0.3 is 8.83 Å². The number of rotatable bonds is 6. The molecule has 2 heterocycles. The molecule has 0 aliphatic heterocycles. The normalized spacial score (nSPS) is 13.7. The third-order valence-corrected chi connectivity index (χ3v) is 5.86. The molecule has 0 fully saturated rings. The molecule has 0 spiro atoms. The molecule has 0 aliphatic rings. The molecule has 0 saturated heterocycles. The quantitative estimate of drug-likeness (QED) is 0.229. The molecule has 2 aromatic carbocycles. The third kappa shape index (κ3) is 4.96. The number of fused-ring (bicyclic) bond motifs is 2. The van der Waals surface area contributed by atoms with E-state index in [9.17, 15) is 0 Å². The van der Waals surface area contributed by atoms with E-state index in [1.54, 1.807) is 0 Å². The standard InChI is InChI=1S/C31H32O2/c1-6-8-9-13-26-27-16-15-23(19-31(27)32-28(26)7-2)18-24(17-21(3)4)20-30-22(5)25-12-10-11-14-29(25)33-30/h6-8,10-17,19-20H,9,18H2,1-5H3/b8-6+,24-20+,26-13-,28-7+. The van der Waals surface area contributed by atoms with Crippen LogP contribution < -0.4 is 10.6 Å². The van der Waals surface area contributed by atoms with Gasteiger partial charge in [-0.05, 0) is 82.9 Å². The third-order valence-electron chi connectivity index (χ3n) is 5.86. The van der Waals surface area contributed by atoms with Gasteiger partial charge in [-0.15, -0.1) is 0 Å². The zero-order valence-electron chi connectivity index (χ0n) is 20.2. The number of hydrogen-bond acceptors (Lipinski definition) is 2. The SMILES string of the molecule is C/C=C/C/C=c1\c(=C/C)oc2cc(C/C(C=C(C)C)=C/c3oc4ccccc4c3C)ccc12. The summed E-state index contributed by atoms with van der Waals surface area (Å²) >= 11 is 0. The fourth-order valence-corrected chi connectivity index (χ4v) is 4.29. The molecule has 33 heavy (non-hydrogen) atoms. The topological polar surface area (TPSA) is 26.3 Å². The van der Waals surface area contributed by atoms with E-state index in [2.05, 4.69) is 81.5 Å². The van der Waals surface area contributed by atoms with Gasteiger partial charge in [0.25, 0.3) is 0 Å². The maximum Gasteiger partial charge on any atom is 0.135 e. The number of hydrogen-bond donors (Lipinski definition) is 0. The lowest BCUT2D eigenvalue weighted by Gasteiger charge is -2.05. The molecule has 0 aliphatic carbocycles. The molecule has 0 amide bonds. The summed E-state index contributed by atoms with van der Waals surface area (Å²) in [5.74, 6) is 0.923. The first-order valence-electron chi connectivity index (χ1n) is 11.6. The summed E-state index contributed by atoms with van der Waals surface area (Å²) in [6.07, 6.45) is 14.6. The zero-order chi connectivity index (χ0) is 23.4. The fraction of sp³-hybridized carbons (Fsp3) is 0.226. The summed E-state index contributed by atoms with van der Waals surface area (Å²) in [5.41, 5.74) is 7.67. The zero-order valence-corrected chi connectivity index (χ0v) is 20.2. The van der Waals surface area contributed by atoms with Crippen molar-refractivity contribution in [2.24, 2.45) is 0 Å². The van der Waals surface area contributed by atoms with E-state index in [1.807, 2.05) is 32.1 Å². The minimum atomic E-state index is 0.807. The van der Waals surface area contributed by atoms with Gasteiger partial charge in [0.1, 0.15) is 22.3 Å². The maximum absolute atomic E-state index is 6.20. The highest BCUT2D eigenvalue weighted by Gasteiger charge is 2.10. The highest BCUT2D eigenvalue weighted by atomic mass is 16.3. The number of para-hydroxylation sites is 1. The summed E-state index contributed by atoms with van der Waals surface area (Å²) in [5, 5.41) is 3.51. The van der Waals surface area contributed by atoms with Crippen LogP contribution in [0, 0.1) is 6.92 Å². The van der Waals surface area contributed by atoms with Crippen LogP contribution in [0.5, 0.6) is 0 Å². The summed E-state index contributed by atoms with van der Waals surface area (Å²) in [7, 11) is 0. The summed E-state index contributed by atoms with van der Waals surface area (Å²) in [6.45, 7) is 10.5. The molecule has 0 atom stereocenters. The van der Waals surface area contributed by atoms with Gasteiger partial charge in [0.2, 0.25) is 0 Å². The Morgan fingerprint density at radius 1 is 0.939 bits per heavy atom. The lowest BCUT2D eigenvalue weighted by atomic mass is 10.0. The average molecular weight is 437 g/mol. The second-order valence-electron chi connectivity index (χ2n) is 8.71. The van der Waals surface area contributed by atoms with E-state index in [0.717, 1.165) is 40.6 Å². The molecule has 0 saturated carbocycles. The Morgan fingerprint density at radius 3 is 2.48 bits per heavy atom. The van der Waals surface area contributed by atoms with Crippen molar-refractivity contribution in [2.45, 2.75) is 47.5 Å². The van der Waals surface area contributed by atoms with Gasteiger partial charge >= 0.3 is 0 Å². The minimum absolute atomic E-state index is 0.807. The molecule has 2 aromatic heterocycles. The molecule has 2 nitrogen and oxygen atoms in total. The van der Waals surface area contributed by atoms with Crippen LogP contribution in [0.15, 0.2) is 80.7 Å². The molecule has 0 N–H and O–H groups in total. The van der Waals surface area contributed by atoms with Gasteiger partial charge in [-0.1, -0.05) is 60.2 Å². The highest BCUT2D eigenvalue weighted by Crippen LogP contribution is 2.28. The summed E-state index contributed by atoms with van der Waals surface area (Å²) in [6, 6.07) is 14.8. The van der Waals surface area contributed by atoms with Crippen LogP contribution in [0.1, 0.15) is 51.0 Å². The fourth-order valence-electron chi connectivity index (χ4n) is 4.29. The Bertz CT molecular complexity index is 1500. The Hall–Kier alpha value is -3.52. The first-order valence-corrected chi connectivity index (χ1v) is 11.6. The number of benzene rings is 2. The summed E-state index contributed by atoms with van der Waals surface area (Å²) in [4.78, 5) is 0. The van der Waals surface area contributed by atoms with E-state index >= 15 is 0 Å². The monoisotopic (exact) mass is 436 g/mol. The lowest BCUT2D eigenvalue weighted by molar-refractivity contribution is 0.574. The van der Waals surface area contributed by atoms with Crippen LogP contribution in [-0.4, -0.2) is 0 Å². The van der Waals surface area contributed by atoms with Crippen LogP contribution in [0.25, 0.3) is 40.2 Å². The van der Waals surface area contributed by atoms with Crippen LogP contribution in [0.2, 0.25) is 0 Å². The van der Waals surface area contributed by atoms with E-state index in [1.165, 1.54) is 32.9 Å². The number of allylic oxidation sites excluding steroid dienone is 5. The van der Waals surface area contributed by atoms with Gasteiger partial charge in [0.15, 0.2) is 0 Å². The second kappa shape index (κ2) is 9.95. The first-order chi connectivity index (χ1) is 16.0. The Labute approximate surface area is 195 Å². The first kappa shape index (κ1) is 22.7. The van der Waals surface area contributed by atoms with Gasteiger partial charge in [0.05, 0.1) is 0 Å². The minimum Gasteiger partial charge on any atom is -0.456 e. The largest absolute Gasteiger partial charge is 0.456 e. The molecular formula is C31H32O2. The molecule has 0 unspecified atom stereocenters. The predicted octanol–water partition coefficient (Wildman–Crippen LogP) is 7.63.